The number of H-pyrrole nitrogens is 1. The van der Waals surface area contributed by atoms with Gasteiger partial charge in [0.15, 0.2) is 0 Å². The number of aromatic amines is 1. The SMILES string of the molecule is COc1cccc(C(=O)N2CCc3c([nH]c4ccccc34)C2c2ccc(Cl)c(Cl)c2)c1. The van der Waals surface area contributed by atoms with Gasteiger partial charge in [0.25, 0.3) is 5.91 Å². The zero-order chi connectivity index (χ0) is 21.5. The van der Waals surface area contributed by atoms with Crippen LogP contribution in [0.3, 0.4) is 0 Å². The van der Waals surface area contributed by atoms with Crippen LogP contribution in [-0.4, -0.2) is 29.4 Å². The Kier molecular flexibility index (Phi) is 5.12. The Morgan fingerprint density at radius 2 is 1.87 bits per heavy atom. The van der Waals surface area contributed by atoms with Crippen LogP contribution >= 0.6 is 23.2 Å². The minimum atomic E-state index is -0.301. The first kappa shape index (κ1) is 20.0. The highest BCUT2D eigenvalue weighted by Gasteiger charge is 2.35. The molecule has 3 aromatic carbocycles. The minimum Gasteiger partial charge on any atom is -0.497 e. The third-order valence-electron chi connectivity index (χ3n) is 5.87. The van der Waals surface area contributed by atoms with Crippen LogP contribution in [0.5, 0.6) is 5.75 Å². The van der Waals surface area contributed by atoms with Crippen molar-refractivity contribution in [2.24, 2.45) is 0 Å². The summed E-state index contributed by atoms with van der Waals surface area (Å²) in [5, 5.41) is 2.15. The Bertz CT molecular complexity index is 1300. The van der Waals surface area contributed by atoms with E-state index in [1.54, 1.807) is 19.2 Å². The summed E-state index contributed by atoms with van der Waals surface area (Å²) in [6, 6.07) is 20.8. The van der Waals surface area contributed by atoms with Crippen LogP contribution < -0.4 is 4.74 Å². The van der Waals surface area contributed by atoms with Crippen LogP contribution in [0.1, 0.15) is 33.2 Å². The van der Waals surface area contributed by atoms with Gasteiger partial charge in [-0.2, -0.15) is 0 Å². The van der Waals surface area contributed by atoms with E-state index in [9.17, 15) is 4.79 Å². The van der Waals surface area contributed by atoms with E-state index < -0.39 is 0 Å². The molecular weight excluding hydrogens is 431 g/mol. The number of benzene rings is 3. The number of halogens is 2. The van der Waals surface area contributed by atoms with Crippen LogP contribution in [0.25, 0.3) is 10.9 Å². The Labute approximate surface area is 190 Å². The number of rotatable bonds is 3. The molecule has 0 saturated heterocycles. The normalized spacial score (nSPS) is 15.7. The van der Waals surface area contributed by atoms with Crippen molar-refractivity contribution in [3.05, 3.63) is 99.2 Å². The Morgan fingerprint density at radius 1 is 1.03 bits per heavy atom. The van der Waals surface area contributed by atoms with Crippen LogP contribution in [0.15, 0.2) is 66.7 Å². The van der Waals surface area contributed by atoms with E-state index >= 15 is 0 Å². The molecule has 1 amide bonds. The van der Waals surface area contributed by atoms with Crippen molar-refractivity contribution < 1.29 is 9.53 Å². The highest BCUT2D eigenvalue weighted by Crippen LogP contribution is 2.40. The lowest BCUT2D eigenvalue weighted by Gasteiger charge is -2.36. The molecule has 1 aliphatic rings. The van der Waals surface area contributed by atoms with Crippen LogP contribution in [0.4, 0.5) is 0 Å². The third-order valence-corrected chi connectivity index (χ3v) is 6.61. The lowest BCUT2D eigenvalue weighted by Crippen LogP contribution is -2.40. The number of carbonyl (C=O) groups excluding carboxylic acids is 1. The van der Waals surface area contributed by atoms with Crippen molar-refractivity contribution in [1.29, 1.82) is 0 Å². The molecule has 1 unspecified atom stereocenters. The zero-order valence-corrected chi connectivity index (χ0v) is 18.4. The maximum Gasteiger partial charge on any atom is 0.254 e. The van der Waals surface area contributed by atoms with Gasteiger partial charge in [0.05, 0.1) is 23.2 Å². The lowest BCUT2D eigenvalue weighted by molar-refractivity contribution is 0.0691. The highest BCUT2D eigenvalue weighted by atomic mass is 35.5. The van der Waals surface area contributed by atoms with Gasteiger partial charge in [0.2, 0.25) is 0 Å². The number of hydrogen-bond acceptors (Lipinski definition) is 2. The molecule has 4 nitrogen and oxygen atoms in total. The molecule has 6 heteroatoms. The number of nitrogens with zero attached hydrogens (tertiary/aromatic N) is 1. The van der Waals surface area contributed by atoms with Gasteiger partial charge in [0.1, 0.15) is 5.75 Å². The second-order valence-electron chi connectivity index (χ2n) is 7.62. The molecule has 0 aliphatic carbocycles. The van der Waals surface area contributed by atoms with Crippen molar-refractivity contribution in [3.63, 3.8) is 0 Å². The second kappa shape index (κ2) is 7.95. The quantitative estimate of drug-likeness (QED) is 0.399. The first-order valence-corrected chi connectivity index (χ1v) is 10.8. The van der Waals surface area contributed by atoms with Crippen molar-refractivity contribution in [3.8, 4) is 5.75 Å². The molecule has 31 heavy (non-hydrogen) atoms. The number of para-hydroxylation sites is 1. The number of ether oxygens (including phenoxy) is 1. The second-order valence-corrected chi connectivity index (χ2v) is 8.43. The lowest BCUT2D eigenvalue weighted by atomic mass is 9.91. The number of methoxy groups -OCH3 is 1. The van der Waals surface area contributed by atoms with E-state index in [1.165, 1.54) is 10.9 Å². The summed E-state index contributed by atoms with van der Waals surface area (Å²) < 4.78 is 5.32. The number of nitrogens with one attached hydrogen (secondary N) is 1. The zero-order valence-electron chi connectivity index (χ0n) is 16.9. The number of amides is 1. The summed E-state index contributed by atoms with van der Waals surface area (Å²) >= 11 is 12.5. The average molecular weight is 451 g/mol. The number of fused-ring (bicyclic) bond motifs is 3. The molecule has 1 aliphatic heterocycles. The van der Waals surface area contributed by atoms with Crippen molar-refractivity contribution in [2.45, 2.75) is 12.5 Å². The molecule has 1 N–H and O–H groups in total. The molecule has 2 heterocycles. The smallest absolute Gasteiger partial charge is 0.254 e. The third kappa shape index (κ3) is 3.46. The van der Waals surface area contributed by atoms with Gasteiger partial charge in [-0.3, -0.25) is 4.79 Å². The molecule has 0 fully saturated rings. The molecule has 156 valence electrons. The largest absolute Gasteiger partial charge is 0.497 e. The minimum absolute atomic E-state index is 0.0562. The Hall–Kier alpha value is -2.95. The average Bonchev–Trinajstić information content (AvgIpc) is 3.18. The summed E-state index contributed by atoms with van der Waals surface area (Å²) in [6.07, 6.45) is 0.771. The first-order valence-electron chi connectivity index (χ1n) is 10.1. The van der Waals surface area contributed by atoms with Crippen molar-refractivity contribution >= 4 is 40.0 Å². The van der Waals surface area contributed by atoms with E-state index in [-0.39, 0.29) is 11.9 Å². The molecule has 5 rings (SSSR count). The van der Waals surface area contributed by atoms with E-state index in [0.717, 1.165) is 23.2 Å². The van der Waals surface area contributed by atoms with Crippen molar-refractivity contribution in [1.82, 2.24) is 9.88 Å². The number of aromatic nitrogens is 1. The Morgan fingerprint density at radius 3 is 2.68 bits per heavy atom. The van der Waals surface area contributed by atoms with E-state index in [4.69, 9.17) is 27.9 Å². The van der Waals surface area contributed by atoms with Gasteiger partial charge in [-0.25, -0.2) is 0 Å². The van der Waals surface area contributed by atoms with Gasteiger partial charge in [-0.1, -0.05) is 53.5 Å². The molecular formula is C25H20Cl2N2O2. The molecule has 0 spiro atoms. The van der Waals surface area contributed by atoms with Crippen LogP contribution in [0, 0.1) is 0 Å². The topological polar surface area (TPSA) is 45.3 Å². The molecule has 0 radical (unpaired) electrons. The molecule has 1 atom stereocenters. The van der Waals surface area contributed by atoms with E-state index in [1.807, 2.05) is 47.4 Å². The maximum atomic E-state index is 13.6. The monoisotopic (exact) mass is 450 g/mol. The number of hydrogen-bond donors (Lipinski definition) is 1. The summed E-state index contributed by atoms with van der Waals surface area (Å²) in [5.74, 6) is 0.597. The number of carbonyl (C=O) groups is 1. The highest BCUT2D eigenvalue weighted by molar-refractivity contribution is 6.42. The predicted octanol–water partition coefficient (Wildman–Crippen LogP) is 6.27. The summed E-state index contributed by atoms with van der Waals surface area (Å²) in [7, 11) is 1.60. The van der Waals surface area contributed by atoms with Gasteiger partial charge < -0.3 is 14.6 Å². The van der Waals surface area contributed by atoms with Gasteiger partial charge >= 0.3 is 0 Å². The fraction of sp³-hybridized carbons (Fsp3) is 0.160. The summed E-state index contributed by atoms with van der Waals surface area (Å²) in [4.78, 5) is 19.1. The maximum absolute atomic E-state index is 13.6. The van der Waals surface area contributed by atoms with E-state index in [2.05, 4.69) is 17.1 Å². The molecule has 4 aromatic rings. The predicted molar refractivity (Wildman–Crippen MR) is 124 cm³/mol. The molecule has 0 saturated carbocycles. The summed E-state index contributed by atoms with van der Waals surface area (Å²) in [6.45, 7) is 0.593. The van der Waals surface area contributed by atoms with Gasteiger partial charge in [0, 0.05) is 28.7 Å². The molecule has 0 bridgehead atoms. The Balaban J connectivity index is 1.66. The van der Waals surface area contributed by atoms with Crippen LogP contribution in [-0.2, 0) is 6.42 Å². The fourth-order valence-electron chi connectivity index (χ4n) is 4.41. The van der Waals surface area contributed by atoms with Crippen molar-refractivity contribution in [2.75, 3.05) is 13.7 Å². The first-order chi connectivity index (χ1) is 15.1. The van der Waals surface area contributed by atoms with E-state index in [0.29, 0.717) is 27.9 Å². The van der Waals surface area contributed by atoms with Gasteiger partial charge in [-0.05, 0) is 53.9 Å². The fourth-order valence-corrected chi connectivity index (χ4v) is 4.72. The molecule has 1 aromatic heterocycles. The summed E-state index contributed by atoms with van der Waals surface area (Å²) in [5.41, 5.74) is 4.82. The van der Waals surface area contributed by atoms with Crippen LogP contribution in [0.2, 0.25) is 10.0 Å². The standard InChI is InChI=1S/C25H20Cl2N2O2/c1-31-17-6-4-5-16(13-17)25(30)29-12-11-19-18-7-2-3-8-22(18)28-23(19)24(29)15-9-10-20(26)21(27)14-15/h2-10,13-14,24,28H,11-12H2,1H3. The van der Waals surface area contributed by atoms with Gasteiger partial charge in [-0.15, -0.1) is 0 Å².